The molecule has 0 atom stereocenters. The van der Waals surface area contributed by atoms with Crippen LogP contribution >= 0.6 is 15.9 Å². The summed E-state index contributed by atoms with van der Waals surface area (Å²) in [5, 5.41) is 0. The number of fused-ring (bicyclic) bond motifs is 1. The van der Waals surface area contributed by atoms with Crippen molar-refractivity contribution in [2.45, 2.75) is 12.8 Å². The number of benzene rings is 2. The molecule has 3 rings (SSSR count). The lowest BCUT2D eigenvalue weighted by Crippen LogP contribution is -2.47. The number of hydrogen-bond acceptors (Lipinski definition) is 3. The third-order valence-corrected chi connectivity index (χ3v) is 4.69. The number of amides is 2. The zero-order valence-electron chi connectivity index (χ0n) is 13.4. The van der Waals surface area contributed by atoms with Crippen molar-refractivity contribution in [3.8, 4) is 0 Å². The molecular formula is C18H17BrFN3O2. The highest BCUT2D eigenvalue weighted by molar-refractivity contribution is 9.10. The Bertz CT molecular complexity index is 813. The number of anilines is 1. The molecule has 0 unspecified atom stereocenters. The third-order valence-electron chi connectivity index (χ3n) is 4.03. The van der Waals surface area contributed by atoms with E-state index < -0.39 is 11.7 Å². The molecular weight excluding hydrogens is 389 g/mol. The van der Waals surface area contributed by atoms with Crippen LogP contribution in [0.25, 0.3) is 0 Å². The molecule has 0 aromatic heterocycles. The molecule has 7 heteroatoms. The normalized spacial score (nSPS) is 13.1. The van der Waals surface area contributed by atoms with Crippen LogP contribution in [-0.2, 0) is 11.2 Å². The van der Waals surface area contributed by atoms with Gasteiger partial charge in [-0.25, -0.2) is 4.39 Å². The molecule has 0 aliphatic carbocycles. The summed E-state index contributed by atoms with van der Waals surface area (Å²) >= 11 is 3.13. The summed E-state index contributed by atoms with van der Waals surface area (Å²) in [7, 11) is 0. The van der Waals surface area contributed by atoms with E-state index in [0.29, 0.717) is 4.47 Å². The Kier molecular flexibility index (Phi) is 5.33. The van der Waals surface area contributed by atoms with E-state index in [9.17, 15) is 14.0 Å². The molecule has 1 heterocycles. The molecule has 2 aromatic rings. The van der Waals surface area contributed by atoms with Crippen LogP contribution in [0, 0.1) is 5.82 Å². The number of rotatable bonds is 3. The molecule has 0 spiro atoms. The summed E-state index contributed by atoms with van der Waals surface area (Å²) in [6.45, 7) is 0.948. The van der Waals surface area contributed by atoms with Gasteiger partial charge in [0.25, 0.3) is 11.8 Å². The molecule has 0 bridgehead atoms. The minimum atomic E-state index is -0.515. The Labute approximate surface area is 153 Å². The van der Waals surface area contributed by atoms with Gasteiger partial charge in [-0.15, -0.1) is 0 Å². The van der Waals surface area contributed by atoms with Gasteiger partial charge < -0.3 is 4.90 Å². The summed E-state index contributed by atoms with van der Waals surface area (Å²) in [6, 6.07) is 11.7. The fourth-order valence-corrected chi connectivity index (χ4v) is 3.39. The van der Waals surface area contributed by atoms with E-state index >= 15 is 0 Å². The van der Waals surface area contributed by atoms with Crippen molar-refractivity contribution in [2.75, 3.05) is 18.0 Å². The molecule has 25 heavy (non-hydrogen) atoms. The van der Waals surface area contributed by atoms with Crippen molar-refractivity contribution in [1.82, 2.24) is 10.9 Å². The number of hydrogen-bond donors (Lipinski definition) is 2. The largest absolute Gasteiger partial charge is 0.362 e. The number of nitrogens with zero attached hydrogens (tertiary/aromatic N) is 1. The van der Waals surface area contributed by atoms with Crippen molar-refractivity contribution in [3.63, 3.8) is 0 Å². The number of carbonyl (C=O) groups excluding carboxylic acids is 2. The summed E-state index contributed by atoms with van der Waals surface area (Å²) in [6.07, 6.45) is 1.99. The van der Waals surface area contributed by atoms with Gasteiger partial charge in [0.2, 0.25) is 0 Å². The van der Waals surface area contributed by atoms with Crippen LogP contribution in [0.3, 0.4) is 0 Å². The first kappa shape index (κ1) is 17.4. The average molecular weight is 406 g/mol. The lowest BCUT2D eigenvalue weighted by Gasteiger charge is -2.30. The van der Waals surface area contributed by atoms with Crippen LogP contribution in [0.5, 0.6) is 0 Å². The maximum Gasteiger partial charge on any atom is 0.270 e. The Morgan fingerprint density at radius 1 is 1.16 bits per heavy atom. The summed E-state index contributed by atoms with van der Waals surface area (Å²) < 4.78 is 13.4. The Balaban J connectivity index is 1.58. The lowest BCUT2D eigenvalue weighted by molar-refractivity contribution is -0.120. The molecule has 0 saturated carbocycles. The highest BCUT2D eigenvalue weighted by Crippen LogP contribution is 2.26. The van der Waals surface area contributed by atoms with Crippen molar-refractivity contribution < 1.29 is 14.0 Å². The number of para-hydroxylation sites is 1. The van der Waals surface area contributed by atoms with Gasteiger partial charge in [-0.2, -0.15) is 0 Å². The summed E-state index contributed by atoms with van der Waals surface area (Å²) in [4.78, 5) is 26.2. The van der Waals surface area contributed by atoms with Crippen molar-refractivity contribution in [1.29, 1.82) is 0 Å². The van der Waals surface area contributed by atoms with Gasteiger partial charge >= 0.3 is 0 Å². The van der Waals surface area contributed by atoms with E-state index in [1.807, 2.05) is 23.1 Å². The smallest absolute Gasteiger partial charge is 0.270 e. The van der Waals surface area contributed by atoms with Crippen LogP contribution in [0.4, 0.5) is 10.1 Å². The number of aryl methyl sites for hydroxylation is 1. The van der Waals surface area contributed by atoms with Gasteiger partial charge in [-0.3, -0.25) is 20.4 Å². The Morgan fingerprint density at radius 3 is 2.76 bits per heavy atom. The number of hydrazine groups is 1. The van der Waals surface area contributed by atoms with Gasteiger partial charge in [0.1, 0.15) is 5.82 Å². The van der Waals surface area contributed by atoms with Crippen molar-refractivity contribution >= 4 is 33.4 Å². The van der Waals surface area contributed by atoms with Crippen molar-refractivity contribution in [2.24, 2.45) is 0 Å². The molecule has 2 N–H and O–H groups in total. The first-order valence-corrected chi connectivity index (χ1v) is 8.71. The highest BCUT2D eigenvalue weighted by atomic mass is 79.9. The minimum Gasteiger partial charge on any atom is -0.362 e. The number of carbonyl (C=O) groups is 2. The van der Waals surface area contributed by atoms with Crippen LogP contribution < -0.4 is 15.8 Å². The topological polar surface area (TPSA) is 61.4 Å². The molecule has 5 nitrogen and oxygen atoms in total. The molecule has 1 aliphatic rings. The number of nitrogens with one attached hydrogen (secondary N) is 2. The van der Waals surface area contributed by atoms with E-state index in [4.69, 9.17) is 0 Å². The lowest BCUT2D eigenvalue weighted by atomic mass is 10.0. The second-order valence-electron chi connectivity index (χ2n) is 5.78. The summed E-state index contributed by atoms with van der Waals surface area (Å²) in [5.41, 5.74) is 7.28. The Hall–Kier alpha value is -2.41. The molecule has 1 aliphatic heterocycles. The number of halogens is 2. The fraction of sp³-hybridized carbons (Fsp3) is 0.222. The molecule has 0 radical (unpaired) electrons. The van der Waals surface area contributed by atoms with Crippen LogP contribution in [-0.4, -0.2) is 24.9 Å². The second kappa shape index (κ2) is 7.65. The van der Waals surface area contributed by atoms with Gasteiger partial charge in [-0.1, -0.05) is 18.2 Å². The maximum absolute atomic E-state index is 13.1. The first-order valence-electron chi connectivity index (χ1n) is 7.91. The maximum atomic E-state index is 13.1. The zero-order valence-corrected chi connectivity index (χ0v) is 15.0. The van der Waals surface area contributed by atoms with Gasteiger partial charge in [-0.05, 0) is 58.6 Å². The molecule has 2 amide bonds. The molecule has 130 valence electrons. The second-order valence-corrected chi connectivity index (χ2v) is 6.63. The average Bonchev–Trinajstić information content (AvgIpc) is 2.60. The third kappa shape index (κ3) is 4.17. The molecule has 0 saturated heterocycles. The van der Waals surface area contributed by atoms with E-state index in [-0.39, 0.29) is 18.0 Å². The molecule has 0 fully saturated rings. The minimum absolute atomic E-state index is 0.155. The zero-order chi connectivity index (χ0) is 17.8. The predicted octanol–water partition coefficient (Wildman–Crippen LogP) is 2.80. The van der Waals surface area contributed by atoms with E-state index in [0.717, 1.165) is 25.1 Å². The van der Waals surface area contributed by atoms with E-state index in [1.54, 1.807) is 0 Å². The Morgan fingerprint density at radius 2 is 1.96 bits per heavy atom. The van der Waals surface area contributed by atoms with Gasteiger partial charge in [0.15, 0.2) is 0 Å². The van der Waals surface area contributed by atoms with Gasteiger partial charge in [0.05, 0.1) is 12.1 Å². The monoisotopic (exact) mass is 405 g/mol. The first-order chi connectivity index (χ1) is 12.0. The standard InChI is InChI=1S/C18H17BrFN3O2/c19-15-10-13(20)7-8-14(15)18(25)22-21-17(24)11-23-9-3-5-12-4-1-2-6-16(12)23/h1-2,4,6-8,10H,3,5,9,11H2,(H,21,24)(H,22,25). The SMILES string of the molecule is O=C(CN1CCCc2ccccc21)NNC(=O)c1ccc(F)cc1Br. The quantitative estimate of drug-likeness (QED) is 0.771. The summed E-state index contributed by atoms with van der Waals surface area (Å²) in [5.74, 6) is -1.28. The molecule has 2 aromatic carbocycles. The fourth-order valence-electron chi connectivity index (χ4n) is 2.86. The predicted molar refractivity (Wildman–Crippen MR) is 96.7 cm³/mol. The van der Waals surface area contributed by atoms with E-state index in [1.165, 1.54) is 23.8 Å². The van der Waals surface area contributed by atoms with Crippen LogP contribution in [0.2, 0.25) is 0 Å². The highest BCUT2D eigenvalue weighted by Gasteiger charge is 2.19. The van der Waals surface area contributed by atoms with Crippen LogP contribution in [0.15, 0.2) is 46.9 Å². The van der Waals surface area contributed by atoms with Gasteiger partial charge in [0, 0.05) is 16.7 Å². The van der Waals surface area contributed by atoms with Crippen LogP contribution in [0.1, 0.15) is 22.3 Å². The van der Waals surface area contributed by atoms with E-state index in [2.05, 4.69) is 32.8 Å². The van der Waals surface area contributed by atoms with Crippen molar-refractivity contribution in [3.05, 3.63) is 63.9 Å².